The van der Waals surface area contributed by atoms with Gasteiger partial charge in [0, 0.05) is 13.1 Å². The first-order valence-electron chi connectivity index (χ1n) is 4.30. The normalized spacial score (nSPS) is 16.5. The SMILES string of the molecule is CC(C)(C)OC(=O)N1CC(=CN)C1. The molecule has 13 heavy (non-hydrogen) atoms. The first-order valence-corrected chi connectivity index (χ1v) is 4.30. The van der Waals surface area contributed by atoms with Crippen LogP contribution in [-0.4, -0.2) is 29.7 Å². The molecule has 1 saturated heterocycles. The molecule has 1 amide bonds. The Hall–Kier alpha value is -1.19. The summed E-state index contributed by atoms with van der Waals surface area (Å²) >= 11 is 0. The Morgan fingerprint density at radius 2 is 2.08 bits per heavy atom. The van der Waals surface area contributed by atoms with Crippen LogP contribution in [0, 0.1) is 0 Å². The van der Waals surface area contributed by atoms with Crippen molar-refractivity contribution in [3.05, 3.63) is 11.8 Å². The van der Waals surface area contributed by atoms with E-state index in [4.69, 9.17) is 10.5 Å². The molecule has 1 heterocycles. The van der Waals surface area contributed by atoms with Gasteiger partial charge in [0.1, 0.15) is 5.60 Å². The van der Waals surface area contributed by atoms with Gasteiger partial charge in [0.05, 0.1) is 0 Å². The van der Waals surface area contributed by atoms with E-state index < -0.39 is 5.60 Å². The van der Waals surface area contributed by atoms with Crippen LogP contribution < -0.4 is 5.73 Å². The van der Waals surface area contributed by atoms with Crippen molar-refractivity contribution in [1.29, 1.82) is 0 Å². The Bertz CT molecular complexity index is 232. The van der Waals surface area contributed by atoms with Gasteiger partial charge in [0.15, 0.2) is 0 Å². The Kier molecular flexibility index (Phi) is 2.50. The van der Waals surface area contributed by atoms with Crippen LogP contribution in [0.15, 0.2) is 11.8 Å². The maximum atomic E-state index is 11.3. The minimum atomic E-state index is -0.417. The van der Waals surface area contributed by atoms with E-state index >= 15 is 0 Å². The molecule has 0 radical (unpaired) electrons. The van der Waals surface area contributed by atoms with Crippen LogP contribution >= 0.6 is 0 Å². The van der Waals surface area contributed by atoms with E-state index in [1.54, 1.807) is 11.1 Å². The molecule has 0 unspecified atom stereocenters. The maximum Gasteiger partial charge on any atom is 0.410 e. The Labute approximate surface area is 78.3 Å². The second-order valence-electron chi connectivity index (χ2n) is 4.16. The molecule has 0 spiro atoms. The lowest BCUT2D eigenvalue weighted by Gasteiger charge is -2.35. The minimum Gasteiger partial charge on any atom is -0.444 e. The second kappa shape index (κ2) is 3.28. The van der Waals surface area contributed by atoms with Crippen molar-refractivity contribution in [1.82, 2.24) is 4.90 Å². The fourth-order valence-electron chi connectivity index (χ4n) is 1.00. The molecule has 0 aromatic rings. The quantitative estimate of drug-likeness (QED) is 0.613. The largest absolute Gasteiger partial charge is 0.444 e. The fraction of sp³-hybridized carbons (Fsp3) is 0.667. The topological polar surface area (TPSA) is 55.6 Å². The number of carbonyl (C=O) groups is 1. The molecular formula is C9H16N2O2. The number of nitrogens with zero attached hydrogens (tertiary/aromatic N) is 1. The molecule has 0 bridgehead atoms. The Morgan fingerprint density at radius 1 is 1.54 bits per heavy atom. The van der Waals surface area contributed by atoms with E-state index in [0.29, 0.717) is 13.1 Å². The van der Waals surface area contributed by atoms with Gasteiger partial charge < -0.3 is 10.5 Å². The van der Waals surface area contributed by atoms with E-state index in [9.17, 15) is 4.79 Å². The summed E-state index contributed by atoms with van der Waals surface area (Å²) in [4.78, 5) is 13.0. The highest BCUT2D eigenvalue weighted by Gasteiger charge is 2.28. The van der Waals surface area contributed by atoms with Gasteiger partial charge in [0.25, 0.3) is 0 Å². The number of amides is 1. The summed E-state index contributed by atoms with van der Waals surface area (Å²) in [5.74, 6) is 0. The Morgan fingerprint density at radius 3 is 2.46 bits per heavy atom. The molecule has 1 rings (SSSR count). The third-order valence-corrected chi connectivity index (χ3v) is 1.68. The van der Waals surface area contributed by atoms with E-state index in [0.717, 1.165) is 5.57 Å². The molecular weight excluding hydrogens is 168 g/mol. The van der Waals surface area contributed by atoms with Crippen LogP contribution in [0.1, 0.15) is 20.8 Å². The standard InChI is InChI=1S/C9H16N2O2/c1-9(2,3)13-8(12)11-5-7(4-10)6-11/h4H,5-6,10H2,1-3H3. The van der Waals surface area contributed by atoms with Crippen molar-refractivity contribution in [3.63, 3.8) is 0 Å². The number of nitrogens with two attached hydrogens (primary N) is 1. The lowest BCUT2D eigenvalue weighted by molar-refractivity contribution is 0.0214. The number of hydrogen-bond acceptors (Lipinski definition) is 3. The molecule has 4 nitrogen and oxygen atoms in total. The van der Waals surface area contributed by atoms with Gasteiger partial charge >= 0.3 is 6.09 Å². The molecule has 1 aliphatic rings. The first-order chi connectivity index (χ1) is 5.92. The summed E-state index contributed by atoms with van der Waals surface area (Å²) in [7, 11) is 0. The van der Waals surface area contributed by atoms with Gasteiger partial charge in [-0.25, -0.2) is 4.79 Å². The smallest absolute Gasteiger partial charge is 0.410 e. The zero-order chi connectivity index (χ0) is 10.1. The molecule has 0 aromatic heterocycles. The van der Waals surface area contributed by atoms with Crippen LogP contribution in [0.5, 0.6) is 0 Å². The fourth-order valence-corrected chi connectivity index (χ4v) is 1.00. The van der Waals surface area contributed by atoms with Crippen molar-refractivity contribution in [2.45, 2.75) is 26.4 Å². The maximum absolute atomic E-state index is 11.3. The second-order valence-corrected chi connectivity index (χ2v) is 4.16. The molecule has 0 saturated carbocycles. The van der Waals surface area contributed by atoms with Gasteiger partial charge in [-0.3, -0.25) is 4.90 Å². The molecule has 2 N–H and O–H groups in total. The van der Waals surface area contributed by atoms with Gasteiger partial charge in [-0.15, -0.1) is 0 Å². The van der Waals surface area contributed by atoms with Gasteiger partial charge in [-0.2, -0.15) is 0 Å². The third-order valence-electron chi connectivity index (χ3n) is 1.68. The van der Waals surface area contributed by atoms with Crippen molar-refractivity contribution in [3.8, 4) is 0 Å². The number of likely N-dealkylation sites (tertiary alicyclic amines) is 1. The summed E-state index contributed by atoms with van der Waals surface area (Å²) in [6.45, 7) is 6.76. The summed E-state index contributed by atoms with van der Waals surface area (Å²) in [5.41, 5.74) is 5.94. The number of carbonyl (C=O) groups excluding carboxylic acids is 1. The summed E-state index contributed by atoms with van der Waals surface area (Å²) in [6.07, 6.45) is 1.28. The predicted octanol–water partition coefficient (Wildman–Crippen LogP) is 1.08. The van der Waals surface area contributed by atoms with E-state index in [-0.39, 0.29) is 6.09 Å². The van der Waals surface area contributed by atoms with Crippen molar-refractivity contribution in [2.75, 3.05) is 13.1 Å². The number of rotatable bonds is 0. The highest BCUT2D eigenvalue weighted by atomic mass is 16.6. The molecule has 0 atom stereocenters. The number of hydrogen-bond donors (Lipinski definition) is 1. The van der Waals surface area contributed by atoms with Crippen molar-refractivity contribution < 1.29 is 9.53 Å². The molecule has 4 heteroatoms. The Balaban J connectivity index is 2.36. The highest BCUT2D eigenvalue weighted by Crippen LogP contribution is 2.17. The van der Waals surface area contributed by atoms with Crippen LogP contribution in [0.3, 0.4) is 0 Å². The minimum absolute atomic E-state index is 0.266. The zero-order valence-electron chi connectivity index (χ0n) is 8.33. The molecule has 1 fully saturated rings. The van der Waals surface area contributed by atoms with Gasteiger partial charge in [-0.1, -0.05) is 0 Å². The average Bonchev–Trinajstić information content (AvgIpc) is 1.79. The zero-order valence-corrected chi connectivity index (χ0v) is 8.33. The van der Waals surface area contributed by atoms with E-state index in [1.807, 2.05) is 20.8 Å². The van der Waals surface area contributed by atoms with E-state index in [2.05, 4.69) is 0 Å². The highest BCUT2D eigenvalue weighted by molar-refractivity contribution is 5.70. The van der Waals surface area contributed by atoms with Gasteiger partial charge in [0.2, 0.25) is 0 Å². The predicted molar refractivity (Wildman–Crippen MR) is 50.1 cm³/mol. The lowest BCUT2D eigenvalue weighted by atomic mass is 10.1. The van der Waals surface area contributed by atoms with Crippen LogP contribution in [-0.2, 0) is 4.74 Å². The van der Waals surface area contributed by atoms with Crippen molar-refractivity contribution >= 4 is 6.09 Å². The molecule has 0 aromatic carbocycles. The molecule has 74 valence electrons. The lowest BCUT2D eigenvalue weighted by Crippen LogP contribution is -2.47. The van der Waals surface area contributed by atoms with Crippen LogP contribution in [0.4, 0.5) is 4.79 Å². The first kappa shape index (κ1) is 9.89. The van der Waals surface area contributed by atoms with Gasteiger partial charge in [-0.05, 0) is 32.5 Å². The van der Waals surface area contributed by atoms with Crippen LogP contribution in [0.25, 0.3) is 0 Å². The molecule has 0 aliphatic carbocycles. The third kappa shape index (κ3) is 2.65. The number of ether oxygens (including phenoxy) is 1. The van der Waals surface area contributed by atoms with Crippen molar-refractivity contribution in [2.24, 2.45) is 5.73 Å². The van der Waals surface area contributed by atoms with E-state index in [1.165, 1.54) is 0 Å². The average molecular weight is 184 g/mol. The van der Waals surface area contributed by atoms with Crippen LogP contribution in [0.2, 0.25) is 0 Å². The monoisotopic (exact) mass is 184 g/mol. The summed E-state index contributed by atoms with van der Waals surface area (Å²) in [6, 6.07) is 0. The molecule has 1 aliphatic heterocycles. The summed E-state index contributed by atoms with van der Waals surface area (Å²) < 4.78 is 5.15. The summed E-state index contributed by atoms with van der Waals surface area (Å²) in [5, 5.41) is 0.